The van der Waals surface area contributed by atoms with Gasteiger partial charge in [0, 0.05) is 0 Å². The molecule has 7 nitrogen and oxygen atoms in total. The highest BCUT2D eigenvalue weighted by Crippen LogP contribution is 2.38. The van der Waals surface area contributed by atoms with Crippen molar-refractivity contribution < 1.29 is 29.4 Å². The zero-order valence-corrected chi connectivity index (χ0v) is 9.67. The molecule has 3 N–H and O–H groups in total. The number of ether oxygens (including phenoxy) is 1. The van der Waals surface area contributed by atoms with Crippen LogP contribution in [0.25, 0.3) is 0 Å². The van der Waals surface area contributed by atoms with Gasteiger partial charge in [-0.2, -0.15) is 0 Å². The van der Waals surface area contributed by atoms with E-state index in [2.05, 4.69) is 0 Å². The van der Waals surface area contributed by atoms with E-state index in [9.17, 15) is 20.1 Å². The van der Waals surface area contributed by atoms with Crippen LogP contribution in [0.3, 0.4) is 0 Å². The fourth-order valence-corrected chi connectivity index (χ4v) is 1.63. The van der Waals surface area contributed by atoms with E-state index in [0.717, 1.165) is 0 Å². The number of carbonyl (C=O) groups excluding carboxylic acids is 1. The van der Waals surface area contributed by atoms with Crippen LogP contribution in [0, 0.1) is 5.21 Å². The Balaban J connectivity index is 2.49. The highest BCUT2D eigenvalue weighted by molar-refractivity contribution is 6.44. The van der Waals surface area contributed by atoms with Gasteiger partial charge in [-0.15, -0.1) is 0 Å². The fourth-order valence-electron chi connectivity index (χ4n) is 1.63. The largest absolute Gasteiger partial charge is 0.626 e. The Morgan fingerprint density at radius 2 is 2.33 bits per heavy atom. The molecule has 0 aliphatic carbocycles. The molecule has 2 rings (SSSR count). The summed E-state index contributed by atoms with van der Waals surface area (Å²) in [7, 11) is -1.23. The number of hydroxylamine groups is 2. The van der Waals surface area contributed by atoms with E-state index in [-0.39, 0.29) is 35.9 Å². The third kappa shape index (κ3) is 2.13. The summed E-state index contributed by atoms with van der Waals surface area (Å²) in [5, 5.41) is 29.8. The van der Waals surface area contributed by atoms with Crippen LogP contribution in [0.1, 0.15) is 17.3 Å². The van der Waals surface area contributed by atoms with Crippen LogP contribution in [0.4, 0.5) is 0 Å². The minimum atomic E-state index is -1.23. The smallest absolute Gasteiger partial charge is 0.563 e. The lowest BCUT2D eigenvalue weighted by Crippen LogP contribution is -3.09. The molecule has 1 aliphatic rings. The first-order chi connectivity index (χ1) is 8.54. The Kier molecular flexibility index (Phi) is 3.42. The third-order valence-corrected chi connectivity index (χ3v) is 2.54. The number of fused-ring (bicyclic) bond motifs is 1. The van der Waals surface area contributed by atoms with Crippen LogP contribution >= 0.6 is 0 Å². The number of benzene rings is 1. The number of nitrogens with one attached hydrogen (secondary N) is 1. The van der Waals surface area contributed by atoms with Crippen LogP contribution in [-0.2, 0) is 0 Å². The minimum absolute atomic E-state index is 0.0192. The number of aromatic hydroxyl groups is 1. The topological polar surface area (TPSA) is 103 Å². The molecule has 1 aromatic carbocycles. The minimum Gasteiger partial charge on any atom is -0.626 e. The van der Waals surface area contributed by atoms with Gasteiger partial charge in [-0.25, -0.2) is 4.79 Å². The maximum Gasteiger partial charge on any atom is 0.563 e. The number of hydrogen-bond donors (Lipinski definition) is 3. The number of hydrogen-bond acceptors (Lipinski definition) is 6. The average Bonchev–Trinajstić information content (AvgIpc) is 2.36. The zero-order valence-electron chi connectivity index (χ0n) is 9.67. The summed E-state index contributed by atoms with van der Waals surface area (Å²) in [5.74, 6) is -1.12. The molecule has 0 radical (unpaired) electrons. The van der Waals surface area contributed by atoms with E-state index in [1.807, 2.05) is 0 Å². The lowest BCUT2D eigenvalue weighted by Gasteiger charge is -2.24. The SMILES string of the molecule is CC[NH+]([O-])C(=O)c1c(O)ccc2c1OB(O)CO2. The molecule has 1 unspecified atom stereocenters. The Labute approximate surface area is 103 Å². The second-order valence-electron chi connectivity index (χ2n) is 3.78. The number of phenolic OH excluding ortho intramolecular Hbond substituents is 1. The van der Waals surface area contributed by atoms with Gasteiger partial charge in [0.2, 0.25) is 0 Å². The molecule has 1 aromatic rings. The number of amides is 1. The van der Waals surface area contributed by atoms with Crippen molar-refractivity contribution in [2.75, 3.05) is 13.1 Å². The Morgan fingerprint density at radius 1 is 1.61 bits per heavy atom. The van der Waals surface area contributed by atoms with Crippen molar-refractivity contribution in [1.29, 1.82) is 0 Å². The van der Waals surface area contributed by atoms with E-state index in [0.29, 0.717) is 0 Å². The Morgan fingerprint density at radius 3 is 3.00 bits per heavy atom. The van der Waals surface area contributed by atoms with E-state index in [1.165, 1.54) is 12.1 Å². The summed E-state index contributed by atoms with van der Waals surface area (Å²) in [6.07, 6.45) is 0. The summed E-state index contributed by atoms with van der Waals surface area (Å²) in [4.78, 5) is 11.8. The second-order valence-corrected chi connectivity index (χ2v) is 3.78. The van der Waals surface area contributed by atoms with Crippen molar-refractivity contribution >= 4 is 13.0 Å². The van der Waals surface area contributed by atoms with Crippen LogP contribution in [0.5, 0.6) is 17.2 Å². The van der Waals surface area contributed by atoms with Gasteiger partial charge in [-0.05, 0) is 19.1 Å². The molecule has 0 saturated heterocycles. The molecule has 1 atom stereocenters. The number of phenols is 1. The molecule has 8 heteroatoms. The van der Waals surface area contributed by atoms with E-state index in [1.54, 1.807) is 6.92 Å². The quantitative estimate of drug-likeness (QED) is 0.448. The highest BCUT2D eigenvalue weighted by atomic mass is 16.6. The molecule has 0 spiro atoms. The average molecular weight is 253 g/mol. The van der Waals surface area contributed by atoms with Crippen molar-refractivity contribution in [2.45, 2.75) is 6.92 Å². The van der Waals surface area contributed by atoms with Crippen LogP contribution in [0.2, 0.25) is 0 Å². The van der Waals surface area contributed by atoms with Gasteiger partial charge in [0.15, 0.2) is 17.1 Å². The second kappa shape index (κ2) is 4.85. The van der Waals surface area contributed by atoms with E-state index >= 15 is 0 Å². The molecule has 1 amide bonds. The Bertz CT molecular complexity index is 480. The predicted molar refractivity (Wildman–Crippen MR) is 61.4 cm³/mol. The monoisotopic (exact) mass is 253 g/mol. The predicted octanol–water partition coefficient (Wildman–Crippen LogP) is -1.27. The normalized spacial score (nSPS) is 15.4. The first-order valence-electron chi connectivity index (χ1n) is 5.45. The first kappa shape index (κ1) is 12.7. The number of rotatable bonds is 2. The summed E-state index contributed by atoms with van der Waals surface area (Å²) in [6, 6.07) is 2.65. The molecule has 1 heterocycles. The molecule has 0 aromatic heterocycles. The van der Waals surface area contributed by atoms with Crippen LogP contribution in [-0.4, -0.2) is 36.2 Å². The molecule has 0 fully saturated rings. The number of carbonyl (C=O) groups is 1. The molecule has 0 saturated carbocycles. The van der Waals surface area contributed by atoms with Gasteiger partial charge < -0.3 is 29.8 Å². The van der Waals surface area contributed by atoms with Crippen LogP contribution < -0.4 is 14.5 Å². The lowest BCUT2D eigenvalue weighted by atomic mass is 9.91. The molecular weight excluding hydrogens is 241 g/mol. The van der Waals surface area contributed by atoms with Gasteiger partial charge in [-0.1, -0.05) is 0 Å². The van der Waals surface area contributed by atoms with Crippen molar-refractivity contribution in [2.24, 2.45) is 0 Å². The summed E-state index contributed by atoms with van der Waals surface area (Å²) < 4.78 is 10.2. The third-order valence-electron chi connectivity index (χ3n) is 2.54. The summed E-state index contributed by atoms with van der Waals surface area (Å²) in [5.41, 5.74) is -0.266. The molecular formula is C10H12BNO6. The number of quaternary nitrogens is 1. The van der Waals surface area contributed by atoms with Crippen molar-refractivity contribution in [1.82, 2.24) is 0 Å². The first-order valence-corrected chi connectivity index (χ1v) is 5.45. The van der Waals surface area contributed by atoms with Crippen molar-refractivity contribution in [3.05, 3.63) is 22.9 Å². The van der Waals surface area contributed by atoms with Crippen molar-refractivity contribution in [3.8, 4) is 17.2 Å². The zero-order chi connectivity index (χ0) is 13.3. The standard InChI is InChI=1S/C10H12BNO6/c1-2-12(16)10(14)8-6(13)3-4-7-9(8)18-11(15)5-17-7/h3-4,12-13,15H,2,5H2,1H3. The van der Waals surface area contributed by atoms with Gasteiger partial charge in [0.25, 0.3) is 0 Å². The Hall–Kier alpha value is -1.77. The highest BCUT2D eigenvalue weighted by Gasteiger charge is 2.33. The fraction of sp³-hybridized carbons (Fsp3) is 0.300. The van der Waals surface area contributed by atoms with Gasteiger partial charge >= 0.3 is 13.0 Å². The molecule has 18 heavy (non-hydrogen) atoms. The molecule has 0 bridgehead atoms. The maximum absolute atomic E-state index is 11.8. The molecule has 96 valence electrons. The van der Waals surface area contributed by atoms with E-state index < -0.39 is 18.1 Å². The van der Waals surface area contributed by atoms with E-state index in [4.69, 9.17) is 9.39 Å². The van der Waals surface area contributed by atoms with Gasteiger partial charge in [0.05, 0.1) is 6.54 Å². The maximum atomic E-state index is 11.8. The molecule has 1 aliphatic heterocycles. The summed E-state index contributed by atoms with van der Waals surface area (Å²) >= 11 is 0. The van der Waals surface area contributed by atoms with Gasteiger partial charge in [-0.3, -0.25) is 0 Å². The van der Waals surface area contributed by atoms with Crippen molar-refractivity contribution in [3.63, 3.8) is 0 Å². The van der Waals surface area contributed by atoms with Crippen LogP contribution in [0.15, 0.2) is 12.1 Å². The summed E-state index contributed by atoms with van der Waals surface area (Å²) in [6.45, 7) is 1.48. The van der Waals surface area contributed by atoms with Gasteiger partial charge in [0.1, 0.15) is 12.3 Å². The lowest BCUT2D eigenvalue weighted by molar-refractivity contribution is -0.755.